The number of hydrogen-bond acceptors (Lipinski definition) is 3. The predicted molar refractivity (Wildman–Crippen MR) is 74.6 cm³/mol. The molecule has 0 amide bonds. The molecule has 0 saturated carbocycles. The van der Waals surface area contributed by atoms with Gasteiger partial charge in [0.05, 0.1) is 11.8 Å². The van der Waals surface area contributed by atoms with E-state index in [2.05, 4.69) is 5.32 Å². The third kappa shape index (κ3) is 2.60. The van der Waals surface area contributed by atoms with Crippen LogP contribution < -0.4 is 5.32 Å². The summed E-state index contributed by atoms with van der Waals surface area (Å²) in [6.45, 7) is 0.663. The van der Waals surface area contributed by atoms with Crippen LogP contribution in [0.15, 0.2) is 41.0 Å². The van der Waals surface area contributed by atoms with Gasteiger partial charge < -0.3 is 14.8 Å². The van der Waals surface area contributed by atoms with Gasteiger partial charge in [-0.1, -0.05) is 12.1 Å². The molecular formula is C16H17NO3. The van der Waals surface area contributed by atoms with Gasteiger partial charge >= 0.3 is 5.97 Å². The summed E-state index contributed by atoms with van der Waals surface area (Å²) >= 11 is 0. The van der Waals surface area contributed by atoms with Crippen LogP contribution in [0.2, 0.25) is 0 Å². The van der Waals surface area contributed by atoms with Gasteiger partial charge in [0.25, 0.3) is 0 Å². The highest BCUT2D eigenvalue weighted by molar-refractivity contribution is 5.87. The molecule has 104 valence electrons. The minimum Gasteiger partial charge on any atom is -0.478 e. The van der Waals surface area contributed by atoms with E-state index in [4.69, 9.17) is 9.52 Å². The van der Waals surface area contributed by atoms with E-state index in [1.54, 1.807) is 24.5 Å². The lowest BCUT2D eigenvalue weighted by molar-refractivity contribution is 0.0696. The van der Waals surface area contributed by atoms with Gasteiger partial charge in [0.2, 0.25) is 0 Å². The molecule has 0 radical (unpaired) electrons. The molecular weight excluding hydrogens is 254 g/mol. The fourth-order valence-corrected chi connectivity index (χ4v) is 2.75. The van der Waals surface area contributed by atoms with Crippen LogP contribution in [0.4, 0.5) is 0 Å². The van der Waals surface area contributed by atoms with Gasteiger partial charge in [-0.05, 0) is 36.6 Å². The average Bonchev–Trinajstić information content (AvgIpc) is 2.94. The number of furan rings is 1. The summed E-state index contributed by atoms with van der Waals surface area (Å²) in [6.07, 6.45) is 4.96. The van der Waals surface area contributed by atoms with Crippen LogP contribution >= 0.6 is 0 Å². The molecule has 1 aliphatic carbocycles. The summed E-state index contributed by atoms with van der Waals surface area (Å²) in [4.78, 5) is 11.0. The fraction of sp³-hybridized carbons (Fsp3) is 0.312. The van der Waals surface area contributed by atoms with Gasteiger partial charge in [0.1, 0.15) is 5.76 Å². The lowest BCUT2D eigenvalue weighted by Crippen LogP contribution is -2.24. The second-order valence-electron chi connectivity index (χ2n) is 5.13. The largest absolute Gasteiger partial charge is 0.478 e. The lowest BCUT2D eigenvalue weighted by atomic mass is 9.93. The number of rotatable bonds is 4. The minimum absolute atomic E-state index is 0.297. The van der Waals surface area contributed by atoms with E-state index in [9.17, 15) is 4.79 Å². The van der Waals surface area contributed by atoms with Crippen LogP contribution in [0.3, 0.4) is 0 Å². The highest BCUT2D eigenvalue weighted by Gasteiger charge is 2.21. The van der Waals surface area contributed by atoms with Gasteiger partial charge in [-0.2, -0.15) is 0 Å². The third-order valence-electron chi connectivity index (χ3n) is 3.78. The van der Waals surface area contributed by atoms with Crippen molar-refractivity contribution in [2.75, 3.05) is 0 Å². The predicted octanol–water partition coefficient (Wildman–Crippen LogP) is 3.15. The number of aromatic carboxylic acids is 1. The zero-order chi connectivity index (χ0) is 13.9. The average molecular weight is 271 g/mol. The zero-order valence-electron chi connectivity index (χ0n) is 11.1. The van der Waals surface area contributed by atoms with Gasteiger partial charge in [0.15, 0.2) is 0 Å². The summed E-state index contributed by atoms with van der Waals surface area (Å²) in [5.41, 5.74) is 2.56. The second kappa shape index (κ2) is 5.51. The maximum Gasteiger partial charge on any atom is 0.335 e. The highest BCUT2D eigenvalue weighted by Crippen LogP contribution is 2.30. The summed E-state index contributed by atoms with van der Waals surface area (Å²) in [5.74, 6) is 0.190. The second-order valence-corrected chi connectivity index (χ2v) is 5.13. The molecule has 1 aromatic heterocycles. The molecule has 2 N–H and O–H groups in total. The molecule has 1 aromatic carbocycles. The van der Waals surface area contributed by atoms with Crippen LogP contribution in [-0.2, 0) is 13.0 Å². The number of fused-ring (bicyclic) bond motifs is 1. The van der Waals surface area contributed by atoms with Crippen molar-refractivity contribution in [3.63, 3.8) is 0 Å². The van der Waals surface area contributed by atoms with E-state index < -0.39 is 5.97 Å². The molecule has 0 bridgehead atoms. The molecule has 0 spiro atoms. The number of carboxylic acid groups (broad SMARTS) is 1. The Labute approximate surface area is 117 Å². The number of carboxylic acids is 1. The van der Waals surface area contributed by atoms with E-state index in [1.165, 1.54) is 5.56 Å². The molecule has 0 saturated heterocycles. The van der Waals surface area contributed by atoms with E-state index in [-0.39, 0.29) is 0 Å². The Hall–Kier alpha value is -2.07. The summed E-state index contributed by atoms with van der Waals surface area (Å²) in [7, 11) is 0. The molecule has 1 atom stereocenters. The maximum atomic E-state index is 11.0. The molecule has 1 aliphatic rings. The Morgan fingerprint density at radius 2 is 2.30 bits per heavy atom. The van der Waals surface area contributed by atoms with Crippen molar-refractivity contribution in [2.24, 2.45) is 0 Å². The van der Waals surface area contributed by atoms with Crippen LogP contribution in [0, 0.1) is 0 Å². The van der Waals surface area contributed by atoms with E-state index in [0.717, 1.165) is 30.6 Å². The van der Waals surface area contributed by atoms with Crippen molar-refractivity contribution in [1.29, 1.82) is 0 Å². The van der Waals surface area contributed by atoms with Crippen molar-refractivity contribution in [3.8, 4) is 0 Å². The van der Waals surface area contributed by atoms with Gasteiger partial charge in [-0.25, -0.2) is 4.79 Å². The van der Waals surface area contributed by atoms with E-state index in [1.807, 2.05) is 12.1 Å². The van der Waals surface area contributed by atoms with Crippen molar-refractivity contribution in [3.05, 3.63) is 59.0 Å². The summed E-state index contributed by atoms with van der Waals surface area (Å²) in [6, 6.07) is 9.38. The zero-order valence-corrected chi connectivity index (χ0v) is 11.1. The van der Waals surface area contributed by atoms with Crippen molar-refractivity contribution in [2.45, 2.75) is 31.8 Å². The number of aryl methyl sites for hydroxylation is 1. The Morgan fingerprint density at radius 3 is 3.15 bits per heavy atom. The first-order valence-electron chi connectivity index (χ1n) is 6.86. The molecule has 4 nitrogen and oxygen atoms in total. The molecule has 4 heteroatoms. The number of nitrogens with one attached hydrogen (secondary N) is 1. The first-order valence-corrected chi connectivity index (χ1v) is 6.86. The number of hydrogen-bond donors (Lipinski definition) is 2. The van der Waals surface area contributed by atoms with Crippen molar-refractivity contribution < 1.29 is 14.3 Å². The Balaban J connectivity index is 1.69. The third-order valence-corrected chi connectivity index (χ3v) is 3.78. The van der Waals surface area contributed by atoms with Crippen LogP contribution in [-0.4, -0.2) is 11.1 Å². The Morgan fingerprint density at radius 1 is 1.40 bits per heavy atom. The summed E-state index contributed by atoms with van der Waals surface area (Å²) < 4.78 is 5.47. The summed E-state index contributed by atoms with van der Waals surface area (Å²) in [5, 5.41) is 12.5. The van der Waals surface area contributed by atoms with Crippen molar-refractivity contribution in [1.82, 2.24) is 5.32 Å². The standard InChI is InChI=1S/C16H17NO3/c18-16(19)12-4-1-3-11(9-12)10-17-14-5-2-6-15-13(14)7-8-20-15/h1,3-4,7-9,14,17H,2,5-6,10H2,(H,18,19). The highest BCUT2D eigenvalue weighted by atomic mass is 16.4. The van der Waals surface area contributed by atoms with Crippen LogP contribution in [0.1, 0.15) is 46.1 Å². The quantitative estimate of drug-likeness (QED) is 0.896. The van der Waals surface area contributed by atoms with Gasteiger partial charge in [-0.3, -0.25) is 0 Å². The van der Waals surface area contributed by atoms with Crippen LogP contribution in [0.5, 0.6) is 0 Å². The van der Waals surface area contributed by atoms with E-state index in [0.29, 0.717) is 18.2 Å². The topological polar surface area (TPSA) is 62.5 Å². The Kier molecular flexibility index (Phi) is 3.56. The maximum absolute atomic E-state index is 11.0. The minimum atomic E-state index is -0.887. The van der Waals surface area contributed by atoms with Gasteiger partial charge in [-0.15, -0.1) is 0 Å². The molecule has 0 fully saturated rings. The molecule has 2 aromatic rings. The first kappa shape index (κ1) is 12.9. The number of carbonyl (C=O) groups is 1. The molecule has 20 heavy (non-hydrogen) atoms. The lowest BCUT2D eigenvalue weighted by Gasteiger charge is -2.23. The first-order chi connectivity index (χ1) is 9.74. The molecule has 1 unspecified atom stereocenters. The molecule has 0 aliphatic heterocycles. The SMILES string of the molecule is O=C(O)c1cccc(CNC2CCCc3occc32)c1. The van der Waals surface area contributed by atoms with Crippen LogP contribution in [0.25, 0.3) is 0 Å². The van der Waals surface area contributed by atoms with E-state index >= 15 is 0 Å². The normalized spacial score (nSPS) is 17.7. The monoisotopic (exact) mass is 271 g/mol. The smallest absolute Gasteiger partial charge is 0.335 e. The van der Waals surface area contributed by atoms with Crippen molar-refractivity contribution >= 4 is 5.97 Å². The molecule has 3 rings (SSSR count). The Bertz CT molecular complexity index is 618. The van der Waals surface area contributed by atoms with Gasteiger partial charge in [0, 0.05) is 24.6 Å². The number of benzene rings is 1. The fourth-order valence-electron chi connectivity index (χ4n) is 2.75. The molecule has 1 heterocycles.